The summed E-state index contributed by atoms with van der Waals surface area (Å²) in [5.74, 6) is 0. The zero-order chi connectivity index (χ0) is 26.7. The third-order valence-electron chi connectivity index (χ3n) is 6.78. The van der Waals surface area contributed by atoms with Crippen molar-refractivity contribution >= 4 is 0 Å². The van der Waals surface area contributed by atoms with Gasteiger partial charge in [0.2, 0.25) is 0 Å². The summed E-state index contributed by atoms with van der Waals surface area (Å²) in [5, 5.41) is 83.9. The first-order chi connectivity index (χ1) is 16.7. The molecule has 0 fully saturated rings. The van der Waals surface area contributed by atoms with Crippen molar-refractivity contribution < 1.29 is 40.9 Å². The van der Waals surface area contributed by atoms with E-state index in [1.54, 1.807) is 0 Å². The summed E-state index contributed by atoms with van der Waals surface area (Å²) in [7, 11) is 0. The molecular formula is C25H54N2O8. The average molecular weight is 511 g/mol. The van der Waals surface area contributed by atoms with E-state index < -0.39 is 49.8 Å². The van der Waals surface area contributed by atoms with Crippen LogP contribution in [-0.2, 0) is 0 Å². The number of unbranched alkanes of at least 4 members (excludes halogenated alkanes) is 6. The highest BCUT2D eigenvalue weighted by atomic mass is 16.4. The summed E-state index contributed by atoms with van der Waals surface area (Å²) >= 11 is 0. The van der Waals surface area contributed by atoms with Crippen molar-refractivity contribution in [1.82, 2.24) is 10.6 Å². The predicted molar refractivity (Wildman–Crippen MR) is 136 cm³/mol. The van der Waals surface area contributed by atoms with Gasteiger partial charge in [-0.2, -0.15) is 0 Å². The number of aliphatic hydroxyl groups is 8. The molecule has 0 spiro atoms. The molecular weight excluding hydrogens is 456 g/mol. The van der Waals surface area contributed by atoms with E-state index in [0.717, 1.165) is 64.2 Å². The maximum Gasteiger partial charge on any atom is 0.109 e. The molecule has 0 radical (unpaired) electrons. The number of aliphatic hydroxyl groups excluding tert-OH is 8. The van der Waals surface area contributed by atoms with Gasteiger partial charge >= 0.3 is 0 Å². The Hall–Kier alpha value is -0.400. The molecule has 10 nitrogen and oxygen atoms in total. The zero-order valence-corrected chi connectivity index (χ0v) is 21.9. The lowest BCUT2D eigenvalue weighted by Crippen LogP contribution is -2.50. The maximum atomic E-state index is 10.2. The summed E-state index contributed by atoms with van der Waals surface area (Å²) in [6, 6.07) is 0. The molecule has 0 amide bonds. The third kappa shape index (κ3) is 14.8. The molecule has 0 saturated heterocycles. The van der Waals surface area contributed by atoms with Crippen LogP contribution in [0.4, 0.5) is 0 Å². The molecule has 0 aliphatic carbocycles. The van der Waals surface area contributed by atoms with Crippen LogP contribution in [0.1, 0.15) is 78.1 Å². The Morgan fingerprint density at radius 3 is 1.23 bits per heavy atom. The highest BCUT2D eigenvalue weighted by Crippen LogP contribution is 2.31. The van der Waals surface area contributed by atoms with Gasteiger partial charge in [0, 0.05) is 26.2 Å². The average Bonchev–Trinajstić information content (AvgIpc) is 2.86. The number of rotatable bonds is 24. The molecule has 0 aliphatic rings. The van der Waals surface area contributed by atoms with Crippen LogP contribution in [0.25, 0.3) is 0 Å². The van der Waals surface area contributed by atoms with E-state index in [0.29, 0.717) is 13.1 Å². The Bertz CT molecular complexity index is 446. The zero-order valence-electron chi connectivity index (χ0n) is 21.9. The Morgan fingerprint density at radius 1 is 0.543 bits per heavy atom. The van der Waals surface area contributed by atoms with E-state index in [4.69, 9.17) is 10.2 Å². The Labute approximate surface area is 211 Å². The summed E-state index contributed by atoms with van der Waals surface area (Å²) < 4.78 is 0. The summed E-state index contributed by atoms with van der Waals surface area (Å²) in [4.78, 5) is 0. The smallest absolute Gasteiger partial charge is 0.109 e. The standard InChI is InChI=1S/C25H54N2O8/c1-3-5-7-9-11-25(12-10-8-6-4-2,17-26-13-19(30)23(34)21(32)15-28)18-27-14-20(31)24(35)22(33)16-29/h19-24,26-35H,3-18H2,1-2H3/t19-,20-,21+,22+,23-,24-/m0/s1. The van der Waals surface area contributed by atoms with Gasteiger partial charge in [-0.3, -0.25) is 0 Å². The van der Waals surface area contributed by atoms with Gasteiger partial charge in [0.25, 0.3) is 0 Å². The van der Waals surface area contributed by atoms with Gasteiger partial charge in [-0.1, -0.05) is 65.2 Å². The van der Waals surface area contributed by atoms with Crippen molar-refractivity contribution in [3.8, 4) is 0 Å². The molecule has 0 aromatic carbocycles. The minimum atomic E-state index is -1.45. The number of hydrogen-bond acceptors (Lipinski definition) is 10. The first-order valence-electron chi connectivity index (χ1n) is 13.4. The summed E-state index contributed by atoms with van der Waals surface area (Å²) in [5.41, 5.74) is -0.206. The second-order valence-corrected chi connectivity index (χ2v) is 10.00. The van der Waals surface area contributed by atoms with Crippen LogP contribution in [-0.4, -0.2) is 117 Å². The highest BCUT2D eigenvalue weighted by molar-refractivity contribution is 4.87. The lowest BCUT2D eigenvalue weighted by Gasteiger charge is -2.36. The topological polar surface area (TPSA) is 186 Å². The van der Waals surface area contributed by atoms with Crippen LogP contribution >= 0.6 is 0 Å². The van der Waals surface area contributed by atoms with E-state index in [2.05, 4.69) is 24.5 Å². The molecule has 0 rings (SSSR count). The van der Waals surface area contributed by atoms with Crippen LogP contribution in [0.15, 0.2) is 0 Å². The Kier molecular flexibility index (Phi) is 20.4. The summed E-state index contributed by atoms with van der Waals surface area (Å²) in [6.07, 6.45) is 2.37. The molecule has 0 heterocycles. The third-order valence-corrected chi connectivity index (χ3v) is 6.78. The molecule has 0 aromatic rings. The second kappa shape index (κ2) is 20.6. The van der Waals surface area contributed by atoms with Crippen molar-refractivity contribution in [3.63, 3.8) is 0 Å². The van der Waals surface area contributed by atoms with Crippen molar-refractivity contribution in [2.75, 3.05) is 39.4 Å². The van der Waals surface area contributed by atoms with Crippen LogP contribution in [0.5, 0.6) is 0 Å². The SMILES string of the molecule is CCCCCCC(CCCCCC)(CNC[C@H](O)[C@H](O)[C@H](O)CO)CNC[C@H](O)[C@H](O)[C@H](O)CO. The molecule has 0 aliphatic heterocycles. The first kappa shape index (κ1) is 34.6. The van der Waals surface area contributed by atoms with Crippen LogP contribution in [0.2, 0.25) is 0 Å². The molecule has 0 bridgehead atoms. The van der Waals surface area contributed by atoms with Crippen LogP contribution < -0.4 is 10.6 Å². The fourth-order valence-electron chi connectivity index (χ4n) is 4.34. The lowest BCUT2D eigenvalue weighted by molar-refractivity contribution is -0.0764. The monoisotopic (exact) mass is 510 g/mol. The van der Waals surface area contributed by atoms with Gasteiger partial charge in [0.1, 0.15) is 24.4 Å². The minimum absolute atomic E-state index is 0.0495. The first-order valence-corrected chi connectivity index (χ1v) is 13.4. The van der Waals surface area contributed by atoms with Crippen LogP contribution in [0, 0.1) is 5.41 Å². The highest BCUT2D eigenvalue weighted by Gasteiger charge is 2.31. The quantitative estimate of drug-likeness (QED) is 0.0740. The molecule has 10 heteroatoms. The lowest BCUT2D eigenvalue weighted by atomic mass is 9.77. The Morgan fingerprint density at radius 2 is 0.914 bits per heavy atom. The summed E-state index contributed by atoms with van der Waals surface area (Å²) in [6.45, 7) is 4.20. The molecule has 0 aromatic heterocycles. The van der Waals surface area contributed by atoms with Gasteiger partial charge in [-0.05, 0) is 18.3 Å². The largest absolute Gasteiger partial charge is 0.394 e. The fraction of sp³-hybridized carbons (Fsp3) is 1.00. The molecule has 0 unspecified atom stereocenters. The van der Waals surface area contributed by atoms with Gasteiger partial charge in [-0.15, -0.1) is 0 Å². The minimum Gasteiger partial charge on any atom is -0.394 e. The van der Waals surface area contributed by atoms with Gasteiger partial charge in [0.15, 0.2) is 0 Å². The fourth-order valence-corrected chi connectivity index (χ4v) is 4.34. The van der Waals surface area contributed by atoms with Crippen molar-refractivity contribution in [2.45, 2.75) is 115 Å². The number of nitrogens with one attached hydrogen (secondary N) is 2. The number of hydrogen-bond donors (Lipinski definition) is 10. The molecule has 212 valence electrons. The van der Waals surface area contributed by atoms with Gasteiger partial charge in [-0.25, -0.2) is 0 Å². The molecule has 35 heavy (non-hydrogen) atoms. The van der Waals surface area contributed by atoms with Crippen LogP contribution in [0.3, 0.4) is 0 Å². The second-order valence-electron chi connectivity index (χ2n) is 10.00. The maximum absolute atomic E-state index is 10.2. The van der Waals surface area contributed by atoms with Crippen molar-refractivity contribution in [1.29, 1.82) is 0 Å². The van der Waals surface area contributed by atoms with Crippen molar-refractivity contribution in [2.24, 2.45) is 5.41 Å². The van der Waals surface area contributed by atoms with Gasteiger partial charge in [0.05, 0.1) is 25.4 Å². The van der Waals surface area contributed by atoms with Crippen molar-refractivity contribution in [3.05, 3.63) is 0 Å². The van der Waals surface area contributed by atoms with E-state index in [1.807, 2.05) is 0 Å². The normalized spacial score (nSPS) is 17.7. The van der Waals surface area contributed by atoms with E-state index in [9.17, 15) is 30.6 Å². The molecule has 0 saturated carbocycles. The predicted octanol–water partition coefficient (Wildman–Crippen LogP) is -0.757. The molecule has 6 atom stereocenters. The Balaban J connectivity index is 5.25. The van der Waals surface area contributed by atoms with E-state index >= 15 is 0 Å². The molecule has 10 N–H and O–H groups in total. The van der Waals surface area contributed by atoms with Gasteiger partial charge < -0.3 is 51.5 Å². The van der Waals surface area contributed by atoms with E-state index in [-0.39, 0.29) is 18.5 Å². The van der Waals surface area contributed by atoms with E-state index in [1.165, 1.54) is 0 Å².